The van der Waals surface area contributed by atoms with Crippen LogP contribution in [0.25, 0.3) is 0 Å². The summed E-state index contributed by atoms with van der Waals surface area (Å²) in [5.74, 6) is -0.898. The summed E-state index contributed by atoms with van der Waals surface area (Å²) in [6, 6.07) is 0. The molecule has 0 unspecified atom stereocenters. The molecule has 0 aromatic heterocycles. The predicted octanol–water partition coefficient (Wildman–Crippen LogP) is -0.798. The molecular weight excluding hydrogens is 186 g/mol. The molecule has 14 heavy (non-hydrogen) atoms. The highest BCUT2D eigenvalue weighted by atomic mass is 16.5. The molecule has 2 saturated heterocycles. The summed E-state index contributed by atoms with van der Waals surface area (Å²) in [7, 11) is 0. The van der Waals surface area contributed by atoms with Crippen molar-refractivity contribution in [3.63, 3.8) is 0 Å². The summed E-state index contributed by atoms with van der Waals surface area (Å²) in [4.78, 5) is 11.3. The molecule has 2 aliphatic rings. The molecule has 5 heteroatoms. The zero-order valence-corrected chi connectivity index (χ0v) is 7.95. The van der Waals surface area contributed by atoms with E-state index in [1.165, 1.54) is 0 Å². The fraction of sp³-hybridized carbons (Fsp3) is 0.889. The molecule has 0 aromatic carbocycles. The summed E-state index contributed by atoms with van der Waals surface area (Å²) >= 11 is 0. The van der Waals surface area contributed by atoms with Gasteiger partial charge in [0.15, 0.2) is 0 Å². The maximum absolute atomic E-state index is 11.3. The normalized spacial score (nSPS) is 29.2. The Kier molecular flexibility index (Phi) is 2.25. The molecule has 0 saturated carbocycles. The fourth-order valence-electron chi connectivity index (χ4n) is 2.30. The highest BCUT2D eigenvalue weighted by molar-refractivity contribution is 5.77. The lowest BCUT2D eigenvalue weighted by Crippen LogP contribution is -2.71. The molecule has 2 aliphatic heterocycles. The molecule has 0 atom stereocenters. The molecule has 0 radical (unpaired) electrons. The van der Waals surface area contributed by atoms with Crippen molar-refractivity contribution in [2.24, 2.45) is 5.41 Å². The zero-order chi connectivity index (χ0) is 10.2. The lowest BCUT2D eigenvalue weighted by molar-refractivity contribution is -0.193. The van der Waals surface area contributed by atoms with E-state index in [0.717, 1.165) is 0 Å². The Morgan fingerprint density at radius 1 is 1.29 bits per heavy atom. The number of hydrogen-bond acceptors (Lipinski definition) is 4. The Morgan fingerprint density at radius 3 is 2.21 bits per heavy atom. The van der Waals surface area contributed by atoms with E-state index in [0.29, 0.717) is 39.1 Å². The Balaban J connectivity index is 2.24. The van der Waals surface area contributed by atoms with Gasteiger partial charge in [-0.3, -0.25) is 4.79 Å². The van der Waals surface area contributed by atoms with Crippen LogP contribution >= 0.6 is 0 Å². The monoisotopic (exact) mass is 201 g/mol. The van der Waals surface area contributed by atoms with Crippen molar-refractivity contribution in [3.05, 3.63) is 0 Å². The first-order valence-electron chi connectivity index (χ1n) is 4.85. The zero-order valence-electron chi connectivity index (χ0n) is 7.95. The van der Waals surface area contributed by atoms with Crippen molar-refractivity contribution >= 4 is 5.97 Å². The number of hydrogen-bond donors (Lipinski definition) is 3. The van der Waals surface area contributed by atoms with E-state index in [4.69, 9.17) is 4.74 Å². The van der Waals surface area contributed by atoms with Gasteiger partial charge >= 0.3 is 5.97 Å². The molecule has 0 bridgehead atoms. The van der Waals surface area contributed by atoms with Gasteiger partial charge in [0, 0.05) is 26.3 Å². The third kappa shape index (κ3) is 1.16. The van der Waals surface area contributed by atoms with E-state index in [-0.39, 0.29) is 0 Å². The maximum atomic E-state index is 11.3. The topological polar surface area (TPSA) is 78.8 Å². The molecule has 0 spiro atoms. The van der Waals surface area contributed by atoms with E-state index in [1.54, 1.807) is 0 Å². The Bertz CT molecular complexity index is 243. The Hall–Kier alpha value is -0.650. The standard InChI is InChI=1S/C9H15NO4/c11-7(12)8(1-3-14-4-2-8)9(13)5-10-6-9/h10,13H,1-6H2,(H,11,12). The first kappa shape index (κ1) is 9.89. The van der Waals surface area contributed by atoms with E-state index in [9.17, 15) is 15.0 Å². The van der Waals surface area contributed by atoms with E-state index >= 15 is 0 Å². The van der Waals surface area contributed by atoms with Gasteiger partial charge in [-0.25, -0.2) is 0 Å². The molecule has 3 N–H and O–H groups in total. The van der Waals surface area contributed by atoms with Crippen molar-refractivity contribution in [1.82, 2.24) is 5.32 Å². The summed E-state index contributed by atoms with van der Waals surface area (Å²) in [5.41, 5.74) is -2.08. The lowest BCUT2D eigenvalue weighted by Gasteiger charge is -2.51. The second-order valence-electron chi connectivity index (χ2n) is 4.13. The third-order valence-electron chi connectivity index (χ3n) is 3.48. The number of aliphatic carboxylic acids is 1. The van der Waals surface area contributed by atoms with Gasteiger partial charge in [-0.2, -0.15) is 0 Å². The van der Waals surface area contributed by atoms with Crippen LogP contribution in [0.5, 0.6) is 0 Å². The molecule has 80 valence electrons. The predicted molar refractivity (Wildman–Crippen MR) is 47.9 cm³/mol. The number of ether oxygens (including phenoxy) is 1. The number of carboxylic acid groups (broad SMARTS) is 1. The van der Waals surface area contributed by atoms with Crippen LogP contribution < -0.4 is 5.32 Å². The molecular formula is C9H15NO4. The number of nitrogens with one attached hydrogen (secondary N) is 1. The molecule has 5 nitrogen and oxygen atoms in total. The van der Waals surface area contributed by atoms with Crippen LogP contribution in [0.2, 0.25) is 0 Å². The molecule has 2 rings (SSSR count). The second kappa shape index (κ2) is 3.18. The van der Waals surface area contributed by atoms with Gasteiger partial charge in [-0.15, -0.1) is 0 Å². The lowest BCUT2D eigenvalue weighted by atomic mass is 9.64. The summed E-state index contributed by atoms with van der Waals surface area (Å²) in [5, 5.41) is 22.3. The van der Waals surface area contributed by atoms with Gasteiger partial charge in [0.1, 0.15) is 11.0 Å². The van der Waals surface area contributed by atoms with Crippen LogP contribution in [0, 0.1) is 5.41 Å². The molecule has 2 fully saturated rings. The minimum absolute atomic E-state index is 0.374. The quantitative estimate of drug-likeness (QED) is 0.545. The highest BCUT2D eigenvalue weighted by Crippen LogP contribution is 2.43. The van der Waals surface area contributed by atoms with Crippen LogP contribution in [0.4, 0.5) is 0 Å². The van der Waals surface area contributed by atoms with Gasteiger partial charge in [0.05, 0.1) is 0 Å². The number of β-amino-alcohol motifs (C(OH)–C–C–N with tert-alkyl or cyclic N) is 1. The van der Waals surface area contributed by atoms with Crippen molar-refractivity contribution in [2.75, 3.05) is 26.3 Å². The van der Waals surface area contributed by atoms with Crippen molar-refractivity contribution in [1.29, 1.82) is 0 Å². The molecule has 0 amide bonds. The molecule has 0 aliphatic carbocycles. The SMILES string of the molecule is O=C(O)C1(C2(O)CNC2)CCOCC1. The van der Waals surface area contributed by atoms with Gasteiger partial charge < -0.3 is 20.3 Å². The maximum Gasteiger partial charge on any atom is 0.312 e. The van der Waals surface area contributed by atoms with Crippen molar-refractivity contribution < 1.29 is 19.7 Å². The summed E-state index contributed by atoms with van der Waals surface area (Å²) < 4.78 is 5.14. The Morgan fingerprint density at radius 2 is 1.86 bits per heavy atom. The van der Waals surface area contributed by atoms with Gasteiger partial charge in [-0.1, -0.05) is 0 Å². The van der Waals surface area contributed by atoms with E-state index in [2.05, 4.69) is 5.32 Å². The number of rotatable bonds is 2. The second-order valence-corrected chi connectivity index (χ2v) is 4.13. The van der Waals surface area contributed by atoms with Crippen LogP contribution in [0.3, 0.4) is 0 Å². The van der Waals surface area contributed by atoms with Crippen LogP contribution in [-0.2, 0) is 9.53 Å². The first-order chi connectivity index (χ1) is 6.61. The minimum Gasteiger partial charge on any atom is -0.481 e. The third-order valence-corrected chi connectivity index (χ3v) is 3.48. The molecule has 2 heterocycles. The van der Waals surface area contributed by atoms with Gasteiger partial charge in [0.2, 0.25) is 0 Å². The number of aliphatic hydroxyl groups is 1. The van der Waals surface area contributed by atoms with Crippen molar-refractivity contribution in [3.8, 4) is 0 Å². The van der Waals surface area contributed by atoms with Gasteiger partial charge in [0.25, 0.3) is 0 Å². The summed E-state index contributed by atoms with van der Waals surface area (Å²) in [6.45, 7) is 1.60. The fourth-order valence-corrected chi connectivity index (χ4v) is 2.30. The minimum atomic E-state index is -1.08. The number of carbonyl (C=O) groups is 1. The average molecular weight is 201 g/mol. The number of carboxylic acids is 1. The van der Waals surface area contributed by atoms with Crippen LogP contribution in [0.15, 0.2) is 0 Å². The first-order valence-corrected chi connectivity index (χ1v) is 4.85. The van der Waals surface area contributed by atoms with E-state index < -0.39 is 17.0 Å². The van der Waals surface area contributed by atoms with Crippen LogP contribution in [-0.4, -0.2) is 48.1 Å². The van der Waals surface area contributed by atoms with E-state index in [1.807, 2.05) is 0 Å². The smallest absolute Gasteiger partial charge is 0.312 e. The summed E-state index contributed by atoms with van der Waals surface area (Å²) in [6.07, 6.45) is 0.807. The van der Waals surface area contributed by atoms with Crippen molar-refractivity contribution in [2.45, 2.75) is 18.4 Å². The van der Waals surface area contributed by atoms with Gasteiger partial charge in [-0.05, 0) is 12.8 Å². The Labute approximate surface area is 82.1 Å². The van der Waals surface area contributed by atoms with Crippen LogP contribution in [0.1, 0.15) is 12.8 Å². The molecule has 0 aromatic rings. The highest BCUT2D eigenvalue weighted by Gasteiger charge is 2.59. The average Bonchev–Trinajstić information content (AvgIpc) is 2.15. The largest absolute Gasteiger partial charge is 0.481 e.